The van der Waals surface area contributed by atoms with Crippen LogP contribution >= 0.6 is 0 Å². The predicted molar refractivity (Wildman–Crippen MR) is 101 cm³/mol. The van der Waals surface area contributed by atoms with Crippen molar-refractivity contribution < 1.29 is 14.9 Å². The molecular weight excluding hydrogens is 300 g/mol. The van der Waals surface area contributed by atoms with Crippen molar-refractivity contribution in [2.75, 3.05) is 13.2 Å². The molecule has 5 atom stereocenters. The monoisotopic (exact) mass is 342 g/mol. The quantitative estimate of drug-likeness (QED) is 0.654. The molecule has 24 heavy (non-hydrogen) atoms. The molecule has 0 aromatic heterocycles. The van der Waals surface area contributed by atoms with Crippen LogP contribution in [0.4, 0.5) is 0 Å². The van der Waals surface area contributed by atoms with Gasteiger partial charge in [0.15, 0.2) is 0 Å². The highest BCUT2D eigenvalue weighted by molar-refractivity contribution is 5.01. The second kappa shape index (κ2) is 9.54. The van der Waals surface area contributed by atoms with Crippen molar-refractivity contribution in [1.29, 1.82) is 0 Å². The Hall–Kier alpha value is -0.120. The van der Waals surface area contributed by atoms with E-state index in [2.05, 4.69) is 13.8 Å². The van der Waals surface area contributed by atoms with Crippen LogP contribution < -0.4 is 0 Å². The number of fused-ring (bicyclic) bond motifs is 1. The Morgan fingerprint density at radius 1 is 1.21 bits per heavy atom. The van der Waals surface area contributed by atoms with E-state index in [0.717, 1.165) is 32.5 Å². The lowest BCUT2D eigenvalue weighted by molar-refractivity contribution is -0.0383. The molecule has 0 saturated heterocycles. The van der Waals surface area contributed by atoms with Crippen molar-refractivity contribution in [3.63, 3.8) is 0 Å². The molecule has 0 amide bonds. The van der Waals surface area contributed by atoms with Crippen LogP contribution in [0.15, 0.2) is 0 Å². The van der Waals surface area contributed by atoms with Crippen LogP contribution in [0.1, 0.15) is 86.5 Å². The Bertz CT molecular complexity index is 349. The van der Waals surface area contributed by atoms with Gasteiger partial charge < -0.3 is 14.9 Å². The average molecular weight is 343 g/mol. The molecule has 2 aliphatic carbocycles. The van der Waals surface area contributed by atoms with E-state index >= 15 is 0 Å². The summed E-state index contributed by atoms with van der Waals surface area (Å²) in [5.41, 5.74) is -0.271. The van der Waals surface area contributed by atoms with E-state index < -0.39 is 5.60 Å². The van der Waals surface area contributed by atoms with E-state index in [1.165, 1.54) is 25.7 Å². The summed E-state index contributed by atoms with van der Waals surface area (Å²) in [6.45, 7) is 14.0. The molecule has 3 nitrogen and oxygen atoms in total. The number of hydrogen-bond acceptors (Lipinski definition) is 3. The molecule has 3 heteroatoms. The zero-order chi connectivity index (χ0) is 18.4. The standard InChI is InChI=1S/C19H36O3.C2H6/c1-14(13-22-12-6-10-18(2,3)21)15-8-9-16-17(20)7-5-11-19(15,16)4;1-2/h14-17,20-21H,5-13H2,1-4H3;1-2H3/t14-,15?,16-,17?,19?;/m0./s1. The van der Waals surface area contributed by atoms with E-state index in [0.29, 0.717) is 23.2 Å². The lowest BCUT2D eigenvalue weighted by atomic mass is 9.62. The molecule has 2 rings (SSSR count). The van der Waals surface area contributed by atoms with Crippen LogP contribution in [-0.2, 0) is 4.74 Å². The smallest absolute Gasteiger partial charge is 0.0592 e. The predicted octanol–water partition coefficient (Wildman–Crippen LogP) is 4.79. The summed E-state index contributed by atoms with van der Waals surface area (Å²) in [5.74, 6) is 1.74. The fraction of sp³-hybridized carbons (Fsp3) is 1.00. The third kappa shape index (κ3) is 5.71. The molecule has 0 heterocycles. The lowest BCUT2D eigenvalue weighted by Crippen LogP contribution is -2.42. The van der Waals surface area contributed by atoms with Gasteiger partial charge in [-0.25, -0.2) is 0 Å². The van der Waals surface area contributed by atoms with Gasteiger partial charge in [0.1, 0.15) is 0 Å². The number of hydrogen-bond donors (Lipinski definition) is 2. The fourth-order valence-electron chi connectivity index (χ4n) is 5.12. The molecule has 2 fully saturated rings. The summed E-state index contributed by atoms with van der Waals surface area (Å²) in [7, 11) is 0. The van der Waals surface area contributed by atoms with Gasteiger partial charge in [0.05, 0.1) is 11.7 Å². The molecule has 0 spiro atoms. The maximum atomic E-state index is 10.3. The molecule has 2 saturated carbocycles. The Morgan fingerprint density at radius 3 is 2.50 bits per heavy atom. The summed E-state index contributed by atoms with van der Waals surface area (Å²) in [4.78, 5) is 0. The van der Waals surface area contributed by atoms with Crippen molar-refractivity contribution >= 4 is 0 Å². The van der Waals surface area contributed by atoms with Crippen LogP contribution in [0.3, 0.4) is 0 Å². The van der Waals surface area contributed by atoms with E-state index in [4.69, 9.17) is 4.74 Å². The second-order valence-corrected chi connectivity index (χ2v) is 8.72. The Labute approximate surface area is 150 Å². The zero-order valence-corrected chi connectivity index (χ0v) is 17.0. The fourth-order valence-corrected chi connectivity index (χ4v) is 5.12. The molecule has 2 N–H and O–H groups in total. The first kappa shape index (κ1) is 21.9. The summed E-state index contributed by atoms with van der Waals surface area (Å²) in [6.07, 6.45) is 7.48. The molecule has 144 valence electrons. The number of rotatable bonds is 7. The van der Waals surface area contributed by atoms with Crippen LogP contribution in [0.25, 0.3) is 0 Å². The molecule has 0 radical (unpaired) electrons. The number of ether oxygens (including phenoxy) is 1. The Kier molecular flexibility index (Phi) is 8.72. The van der Waals surface area contributed by atoms with Crippen molar-refractivity contribution in [2.45, 2.75) is 98.2 Å². The van der Waals surface area contributed by atoms with Gasteiger partial charge in [0.2, 0.25) is 0 Å². The second-order valence-electron chi connectivity index (χ2n) is 8.72. The summed E-state index contributed by atoms with van der Waals surface area (Å²) in [6, 6.07) is 0. The maximum absolute atomic E-state index is 10.3. The van der Waals surface area contributed by atoms with Gasteiger partial charge in [-0.3, -0.25) is 0 Å². The Balaban J connectivity index is 0.00000139. The minimum atomic E-state index is -0.584. The first-order valence-corrected chi connectivity index (χ1v) is 10.2. The molecular formula is C21H42O3. The molecule has 0 aromatic carbocycles. The van der Waals surface area contributed by atoms with Gasteiger partial charge in [-0.05, 0) is 75.5 Å². The van der Waals surface area contributed by atoms with Crippen LogP contribution in [-0.4, -0.2) is 35.1 Å². The zero-order valence-electron chi connectivity index (χ0n) is 17.0. The number of aliphatic hydroxyl groups is 2. The minimum Gasteiger partial charge on any atom is -0.393 e. The first-order valence-electron chi connectivity index (χ1n) is 10.2. The van der Waals surface area contributed by atoms with Crippen molar-refractivity contribution in [1.82, 2.24) is 0 Å². The highest BCUT2D eigenvalue weighted by atomic mass is 16.5. The van der Waals surface area contributed by atoms with Gasteiger partial charge in [-0.15, -0.1) is 0 Å². The van der Waals surface area contributed by atoms with E-state index in [9.17, 15) is 10.2 Å². The van der Waals surface area contributed by atoms with Gasteiger partial charge >= 0.3 is 0 Å². The number of aliphatic hydroxyl groups excluding tert-OH is 1. The van der Waals surface area contributed by atoms with Crippen LogP contribution in [0.5, 0.6) is 0 Å². The van der Waals surface area contributed by atoms with Gasteiger partial charge in [-0.2, -0.15) is 0 Å². The van der Waals surface area contributed by atoms with E-state index in [1.54, 1.807) is 0 Å². The normalized spacial score (nSPS) is 34.2. The molecule has 0 aliphatic heterocycles. The summed E-state index contributed by atoms with van der Waals surface area (Å²) >= 11 is 0. The SMILES string of the molecule is CC.C[C@@H](COCCCC(C)(C)O)C1CC[C@H]2C(O)CCCC12C. The van der Waals surface area contributed by atoms with Gasteiger partial charge in [0, 0.05) is 13.2 Å². The highest BCUT2D eigenvalue weighted by Gasteiger charge is 2.52. The van der Waals surface area contributed by atoms with E-state index in [-0.39, 0.29) is 6.10 Å². The van der Waals surface area contributed by atoms with E-state index in [1.807, 2.05) is 27.7 Å². The summed E-state index contributed by atoms with van der Waals surface area (Å²) in [5, 5.41) is 20.0. The third-order valence-corrected chi connectivity index (χ3v) is 6.31. The minimum absolute atomic E-state index is 0.0800. The third-order valence-electron chi connectivity index (χ3n) is 6.31. The molecule has 0 bridgehead atoms. The first-order chi connectivity index (χ1) is 11.2. The topological polar surface area (TPSA) is 49.7 Å². The summed E-state index contributed by atoms with van der Waals surface area (Å²) < 4.78 is 5.88. The van der Waals surface area contributed by atoms with Crippen molar-refractivity contribution in [3.05, 3.63) is 0 Å². The van der Waals surface area contributed by atoms with Crippen molar-refractivity contribution in [2.24, 2.45) is 23.2 Å². The average Bonchev–Trinajstić information content (AvgIpc) is 2.86. The molecule has 0 aromatic rings. The largest absolute Gasteiger partial charge is 0.393 e. The van der Waals surface area contributed by atoms with Crippen LogP contribution in [0.2, 0.25) is 0 Å². The molecule has 2 aliphatic rings. The van der Waals surface area contributed by atoms with Crippen molar-refractivity contribution in [3.8, 4) is 0 Å². The maximum Gasteiger partial charge on any atom is 0.0592 e. The van der Waals surface area contributed by atoms with Crippen LogP contribution in [0, 0.1) is 23.2 Å². The lowest BCUT2D eigenvalue weighted by Gasteiger charge is -2.45. The highest BCUT2D eigenvalue weighted by Crippen LogP contribution is 2.57. The Morgan fingerprint density at radius 2 is 1.88 bits per heavy atom. The van der Waals surface area contributed by atoms with Gasteiger partial charge in [0.25, 0.3) is 0 Å². The molecule has 3 unspecified atom stereocenters. The van der Waals surface area contributed by atoms with Gasteiger partial charge in [-0.1, -0.05) is 34.1 Å².